The fourth-order valence-corrected chi connectivity index (χ4v) is 5.46. The molecule has 3 aliphatic heterocycles. The molecule has 6 nitrogen and oxygen atoms in total. The molecule has 2 bridgehead atoms. The Balaban J connectivity index is 1.26. The Kier molecular flexibility index (Phi) is 4.82. The summed E-state index contributed by atoms with van der Waals surface area (Å²) in [5.74, 6) is 1.68. The molecule has 6 heteroatoms. The number of rotatable bonds is 5. The van der Waals surface area contributed by atoms with Gasteiger partial charge in [0, 0.05) is 37.5 Å². The molecule has 0 radical (unpaired) electrons. The van der Waals surface area contributed by atoms with Crippen LogP contribution in [0.25, 0.3) is 6.08 Å². The van der Waals surface area contributed by atoms with Gasteiger partial charge in [0.05, 0.1) is 17.9 Å². The molecular weight excluding hydrogens is 376 g/mol. The average Bonchev–Trinajstić information content (AvgIpc) is 3.42. The van der Waals surface area contributed by atoms with Gasteiger partial charge in [-0.2, -0.15) is 5.10 Å². The number of nitrogens with zero attached hydrogens (tertiary/aromatic N) is 3. The van der Waals surface area contributed by atoms with E-state index < -0.39 is 0 Å². The highest BCUT2D eigenvalue weighted by Crippen LogP contribution is 2.55. The fourth-order valence-electron chi connectivity index (χ4n) is 5.46. The molecule has 0 unspecified atom stereocenters. The van der Waals surface area contributed by atoms with Gasteiger partial charge in [-0.05, 0) is 49.5 Å². The fraction of sp³-hybridized carbons (Fsp3) is 0.458. The number of ether oxygens (including phenoxy) is 1. The second kappa shape index (κ2) is 7.51. The summed E-state index contributed by atoms with van der Waals surface area (Å²) in [6, 6.07) is 9.88. The Morgan fingerprint density at radius 3 is 3.00 bits per heavy atom. The van der Waals surface area contributed by atoms with E-state index in [1.165, 1.54) is 5.56 Å². The van der Waals surface area contributed by atoms with Crippen LogP contribution in [0.2, 0.25) is 0 Å². The van der Waals surface area contributed by atoms with E-state index in [1.807, 2.05) is 42.6 Å². The van der Waals surface area contributed by atoms with Crippen LogP contribution in [0.1, 0.15) is 29.5 Å². The van der Waals surface area contributed by atoms with Crippen molar-refractivity contribution in [1.82, 2.24) is 15.5 Å². The number of hydrogen-bond donors (Lipinski definition) is 1. The summed E-state index contributed by atoms with van der Waals surface area (Å²) in [7, 11) is 0. The first-order valence-electron chi connectivity index (χ1n) is 10.8. The van der Waals surface area contributed by atoms with Gasteiger partial charge in [0.15, 0.2) is 5.82 Å². The number of fused-ring (bicyclic) bond motifs is 1. The lowest BCUT2D eigenvalue weighted by molar-refractivity contribution is -0.116. The molecule has 1 spiro atoms. The van der Waals surface area contributed by atoms with Crippen molar-refractivity contribution >= 4 is 17.8 Å². The monoisotopic (exact) mass is 404 g/mol. The molecule has 0 saturated carbocycles. The zero-order chi connectivity index (χ0) is 20.7. The molecule has 156 valence electrons. The van der Waals surface area contributed by atoms with Crippen LogP contribution < -0.4 is 10.2 Å². The van der Waals surface area contributed by atoms with E-state index >= 15 is 0 Å². The quantitative estimate of drug-likeness (QED) is 0.776. The van der Waals surface area contributed by atoms with Gasteiger partial charge >= 0.3 is 0 Å². The number of aryl methyl sites for hydroxylation is 1. The topological polar surface area (TPSA) is 67.4 Å². The van der Waals surface area contributed by atoms with Crippen LogP contribution in [0, 0.1) is 25.7 Å². The third-order valence-corrected chi connectivity index (χ3v) is 7.15. The first kappa shape index (κ1) is 19.2. The van der Waals surface area contributed by atoms with Crippen LogP contribution in [0.5, 0.6) is 0 Å². The number of aromatic nitrogens is 2. The molecule has 4 heterocycles. The normalized spacial score (nSPS) is 29.5. The zero-order valence-corrected chi connectivity index (χ0v) is 17.5. The van der Waals surface area contributed by atoms with Gasteiger partial charge in [-0.25, -0.2) is 0 Å². The maximum atomic E-state index is 12.4. The summed E-state index contributed by atoms with van der Waals surface area (Å²) < 4.78 is 6.52. The van der Waals surface area contributed by atoms with Gasteiger partial charge in [-0.1, -0.05) is 30.3 Å². The van der Waals surface area contributed by atoms with E-state index in [9.17, 15) is 4.79 Å². The van der Waals surface area contributed by atoms with Crippen LogP contribution in [0.3, 0.4) is 0 Å². The highest BCUT2D eigenvalue weighted by molar-refractivity contribution is 5.91. The van der Waals surface area contributed by atoms with E-state index in [0.29, 0.717) is 18.4 Å². The molecule has 1 aromatic carbocycles. The van der Waals surface area contributed by atoms with Crippen molar-refractivity contribution in [3.05, 3.63) is 59.3 Å². The molecule has 5 rings (SSSR count). The Morgan fingerprint density at radius 2 is 2.17 bits per heavy atom. The minimum absolute atomic E-state index is 0.0501. The Hall–Kier alpha value is -2.73. The third-order valence-electron chi connectivity index (χ3n) is 7.15. The van der Waals surface area contributed by atoms with Crippen LogP contribution in [-0.4, -0.2) is 47.4 Å². The van der Waals surface area contributed by atoms with E-state index in [2.05, 4.69) is 34.3 Å². The van der Waals surface area contributed by atoms with Crippen LogP contribution in [0.15, 0.2) is 42.6 Å². The third kappa shape index (κ3) is 3.29. The van der Waals surface area contributed by atoms with Gasteiger partial charge < -0.3 is 15.0 Å². The van der Waals surface area contributed by atoms with Crippen molar-refractivity contribution < 1.29 is 9.53 Å². The van der Waals surface area contributed by atoms with Gasteiger partial charge in [0.2, 0.25) is 5.91 Å². The van der Waals surface area contributed by atoms with Crippen LogP contribution >= 0.6 is 0 Å². The maximum Gasteiger partial charge on any atom is 0.244 e. The largest absolute Gasteiger partial charge is 0.369 e. The Bertz CT molecular complexity index is 976. The van der Waals surface area contributed by atoms with Gasteiger partial charge in [-0.15, -0.1) is 5.10 Å². The molecule has 3 aliphatic rings. The van der Waals surface area contributed by atoms with E-state index in [0.717, 1.165) is 42.9 Å². The number of anilines is 1. The van der Waals surface area contributed by atoms with Crippen molar-refractivity contribution in [3.8, 4) is 0 Å². The van der Waals surface area contributed by atoms with Crippen molar-refractivity contribution in [2.24, 2.45) is 11.8 Å². The lowest BCUT2D eigenvalue weighted by atomic mass is 9.73. The van der Waals surface area contributed by atoms with E-state index in [-0.39, 0.29) is 17.6 Å². The van der Waals surface area contributed by atoms with Crippen molar-refractivity contribution in [2.75, 3.05) is 24.5 Å². The summed E-state index contributed by atoms with van der Waals surface area (Å²) >= 11 is 0. The highest BCUT2D eigenvalue weighted by Gasteiger charge is 2.63. The molecule has 1 amide bonds. The molecule has 30 heavy (non-hydrogen) atoms. The Labute approximate surface area is 177 Å². The number of carbonyl (C=O) groups excluding carboxylic acids is 1. The molecule has 3 saturated heterocycles. The lowest BCUT2D eigenvalue weighted by Crippen LogP contribution is -2.41. The molecule has 2 aromatic rings. The summed E-state index contributed by atoms with van der Waals surface area (Å²) in [5, 5.41) is 11.7. The molecular formula is C24H28N4O2. The molecule has 3 fully saturated rings. The van der Waals surface area contributed by atoms with Crippen molar-refractivity contribution in [2.45, 2.75) is 38.4 Å². The van der Waals surface area contributed by atoms with Crippen LogP contribution in [-0.2, 0) is 9.53 Å². The Morgan fingerprint density at radius 1 is 1.33 bits per heavy atom. The minimum Gasteiger partial charge on any atom is -0.369 e. The summed E-state index contributed by atoms with van der Waals surface area (Å²) in [6.45, 7) is 6.62. The average molecular weight is 405 g/mol. The predicted molar refractivity (Wildman–Crippen MR) is 116 cm³/mol. The molecule has 0 aliphatic carbocycles. The number of amides is 1. The second-order valence-electron chi connectivity index (χ2n) is 8.88. The molecule has 1 N–H and O–H groups in total. The summed E-state index contributed by atoms with van der Waals surface area (Å²) in [5.41, 5.74) is 3.27. The van der Waals surface area contributed by atoms with Gasteiger partial charge in [0.1, 0.15) is 0 Å². The number of benzene rings is 1. The summed E-state index contributed by atoms with van der Waals surface area (Å²) in [4.78, 5) is 14.7. The predicted octanol–water partition coefficient (Wildman–Crippen LogP) is 2.91. The van der Waals surface area contributed by atoms with Gasteiger partial charge in [-0.3, -0.25) is 4.79 Å². The number of carbonyl (C=O) groups is 1. The zero-order valence-electron chi connectivity index (χ0n) is 17.5. The number of hydrogen-bond acceptors (Lipinski definition) is 5. The number of nitrogens with one attached hydrogen (secondary N) is 1. The maximum absolute atomic E-state index is 12.4. The highest BCUT2D eigenvalue weighted by atomic mass is 16.5. The first-order chi connectivity index (χ1) is 14.6. The van der Waals surface area contributed by atoms with Crippen LogP contribution in [0.4, 0.5) is 5.82 Å². The SMILES string of the molecule is Cc1cnnc(N2C[C@@H]3[C@H](CNC(=O)C=Cc4ccccc4)[C@H]4CC[C@]3(C2)O4)c1C. The lowest BCUT2D eigenvalue weighted by Gasteiger charge is -2.29. The smallest absolute Gasteiger partial charge is 0.244 e. The second-order valence-corrected chi connectivity index (χ2v) is 8.88. The first-order valence-corrected chi connectivity index (χ1v) is 10.8. The van der Waals surface area contributed by atoms with Crippen molar-refractivity contribution in [3.63, 3.8) is 0 Å². The van der Waals surface area contributed by atoms with Crippen molar-refractivity contribution in [1.29, 1.82) is 0 Å². The van der Waals surface area contributed by atoms with E-state index in [1.54, 1.807) is 6.08 Å². The minimum atomic E-state index is -0.0994. The van der Waals surface area contributed by atoms with E-state index in [4.69, 9.17) is 4.74 Å². The molecule has 4 atom stereocenters. The standard InChI is InChI=1S/C24H28N4O2/c1-16-12-26-27-23(17(16)2)28-14-20-19(21-10-11-24(20,15-28)30-21)13-25-22(29)9-8-18-6-4-3-5-7-18/h3-9,12,19-21H,10-11,13-15H2,1-2H3,(H,25,29)/t19-,20+,21+,24+/m0/s1. The van der Waals surface area contributed by atoms with Gasteiger partial charge in [0.25, 0.3) is 0 Å². The molecule has 1 aromatic heterocycles. The summed E-state index contributed by atoms with van der Waals surface area (Å²) in [6.07, 6.45) is 7.70.